The highest BCUT2D eigenvalue weighted by Gasteiger charge is 2.07. The largest absolute Gasteiger partial charge is 0.493 e. The van der Waals surface area contributed by atoms with Crippen LogP contribution in [0.5, 0.6) is 11.5 Å². The van der Waals surface area contributed by atoms with Crippen LogP contribution in [0, 0.1) is 6.92 Å². The van der Waals surface area contributed by atoms with E-state index >= 15 is 0 Å². The van der Waals surface area contributed by atoms with E-state index in [2.05, 4.69) is 38.0 Å². The zero-order valence-corrected chi connectivity index (χ0v) is 18.9. The Morgan fingerprint density at radius 3 is 2.50 bits per heavy atom. The highest BCUT2D eigenvalue weighted by Crippen LogP contribution is 2.27. The summed E-state index contributed by atoms with van der Waals surface area (Å²) in [6, 6.07) is 11.9. The van der Waals surface area contributed by atoms with Gasteiger partial charge in [0.1, 0.15) is 5.65 Å². The maximum Gasteiger partial charge on any atom is 0.191 e. The quantitative estimate of drug-likeness (QED) is 0.313. The number of ether oxygens (including phenoxy) is 2. The SMILES string of the molecule is CN=C(NCc1ccc(OC)c(OC)c1)NCc1cn2c(C)cccc2n1.I. The highest BCUT2D eigenvalue weighted by atomic mass is 127. The van der Waals surface area contributed by atoms with Crippen LogP contribution in [0.4, 0.5) is 0 Å². The minimum Gasteiger partial charge on any atom is -0.493 e. The Balaban J connectivity index is 0.00000280. The van der Waals surface area contributed by atoms with Crippen molar-refractivity contribution in [1.29, 1.82) is 0 Å². The number of aryl methyl sites for hydroxylation is 1. The fourth-order valence-electron chi connectivity index (χ4n) is 2.86. The molecule has 2 aromatic heterocycles. The number of nitrogens with one attached hydrogen (secondary N) is 2. The number of halogens is 1. The standard InChI is InChI=1S/C20H25N5O2.HI/c1-14-6-5-7-19-24-16(13-25(14)19)12-23-20(21-2)22-11-15-8-9-17(26-3)18(10-15)27-4;/h5-10,13H,11-12H2,1-4H3,(H2,21,22,23);1H. The Kier molecular flexibility index (Phi) is 7.91. The van der Waals surface area contributed by atoms with E-state index in [1.54, 1.807) is 21.3 Å². The molecule has 0 radical (unpaired) electrons. The van der Waals surface area contributed by atoms with E-state index in [-0.39, 0.29) is 24.0 Å². The lowest BCUT2D eigenvalue weighted by Gasteiger charge is -2.13. The minimum atomic E-state index is 0. The van der Waals surface area contributed by atoms with Gasteiger partial charge in [0.2, 0.25) is 0 Å². The average Bonchev–Trinajstić information content (AvgIpc) is 3.12. The molecule has 0 unspecified atom stereocenters. The van der Waals surface area contributed by atoms with Crippen LogP contribution in [-0.2, 0) is 13.1 Å². The molecule has 0 saturated heterocycles. The summed E-state index contributed by atoms with van der Waals surface area (Å²) in [5, 5.41) is 6.59. The number of imidazole rings is 1. The van der Waals surface area contributed by atoms with Gasteiger partial charge in [-0.3, -0.25) is 4.99 Å². The number of nitrogens with zero attached hydrogens (tertiary/aromatic N) is 3. The zero-order chi connectivity index (χ0) is 19.2. The number of guanidine groups is 1. The number of hydrogen-bond acceptors (Lipinski definition) is 4. The molecule has 0 aliphatic rings. The molecular weight excluding hydrogens is 469 g/mol. The van der Waals surface area contributed by atoms with Gasteiger partial charge in [-0.15, -0.1) is 24.0 Å². The molecule has 2 heterocycles. The molecule has 3 rings (SSSR count). The number of fused-ring (bicyclic) bond motifs is 1. The molecule has 0 spiro atoms. The first kappa shape index (κ1) is 21.8. The smallest absolute Gasteiger partial charge is 0.191 e. The maximum absolute atomic E-state index is 5.34. The average molecular weight is 495 g/mol. The Labute approximate surface area is 182 Å². The van der Waals surface area contributed by atoms with Crippen molar-refractivity contribution in [2.75, 3.05) is 21.3 Å². The maximum atomic E-state index is 5.34. The van der Waals surface area contributed by atoms with Crippen LogP contribution in [0.3, 0.4) is 0 Å². The molecule has 0 saturated carbocycles. The molecule has 150 valence electrons. The Bertz CT molecular complexity index is 955. The van der Waals surface area contributed by atoms with Gasteiger partial charge in [0, 0.05) is 25.5 Å². The van der Waals surface area contributed by atoms with Crippen molar-refractivity contribution in [3.63, 3.8) is 0 Å². The Hall–Kier alpha value is -2.49. The second-order valence-electron chi connectivity index (χ2n) is 6.10. The predicted octanol–water partition coefficient (Wildman–Crippen LogP) is 3.14. The lowest BCUT2D eigenvalue weighted by atomic mass is 10.2. The number of pyridine rings is 1. The van der Waals surface area contributed by atoms with Gasteiger partial charge in [0.05, 0.1) is 26.5 Å². The molecule has 0 amide bonds. The molecule has 28 heavy (non-hydrogen) atoms. The molecule has 0 fully saturated rings. The van der Waals surface area contributed by atoms with E-state index in [1.165, 1.54) is 0 Å². The molecule has 0 atom stereocenters. The van der Waals surface area contributed by atoms with Gasteiger partial charge < -0.3 is 24.5 Å². The molecule has 0 aliphatic carbocycles. The minimum absolute atomic E-state index is 0. The summed E-state index contributed by atoms with van der Waals surface area (Å²) in [7, 11) is 5.01. The van der Waals surface area contributed by atoms with Gasteiger partial charge in [-0.2, -0.15) is 0 Å². The molecule has 0 bridgehead atoms. The van der Waals surface area contributed by atoms with Gasteiger partial charge in [-0.05, 0) is 36.8 Å². The number of aliphatic imine (C=N–C) groups is 1. The van der Waals surface area contributed by atoms with Crippen LogP contribution in [-0.4, -0.2) is 36.6 Å². The summed E-state index contributed by atoms with van der Waals surface area (Å²) >= 11 is 0. The Morgan fingerprint density at radius 2 is 1.82 bits per heavy atom. The lowest BCUT2D eigenvalue weighted by molar-refractivity contribution is 0.354. The van der Waals surface area contributed by atoms with Gasteiger partial charge in [0.25, 0.3) is 0 Å². The first-order valence-electron chi connectivity index (χ1n) is 8.73. The molecule has 3 aromatic rings. The van der Waals surface area contributed by atoms with Crippen molar-refractivity contribution < 1.29 is 9.47 Å². The summed E-state index contributed by atoms with van der Waals surface area (Å²) < 4.78 is 12.7. The second-order valence-corrected chi connectivity index (χ2v) is 6.10. The van der Waals surface area contributed by atoms with Crippen molar-refractivity contribution in [3.05, 3.63) is 59.5 Å². The monoisotopic (exact) mass is 495 g/mol. The summed E-state index contributed by atoms with van der Waals surface area (Å²) in [6.45, 7) is 3.27. The number of benzene rings is 1. The van der Waals surface area contributed by atoms with E-state index < -0.39 is 0 Å². The van der Waals surface area contributed by atoms with Crippen LogP contribution in [0.1, 0.15) is 17.0 Å². The third-order valence-corrected chi connectivity index (χ3v) is 4.31. The molecule has 7 nitrogen and oxygen atoms in total. The molecule has 0 aliphatic heterocycles. The van der Waals surface area contributed by atoms with Crippen LogP contribution in [0.25, 0.3) is 5.65 Å². The molecule has 8 heteroatoms. The predicted molar refractivity (Wildman–Crippen MR) is 122 cm³/mol. The summed E-state index contributed by atoms with van der Waals surface area (Å²) in [5.74, 6) is 2.13. The van der Waals surface area contributed by atoms with Crippen molar-refractivity contribution in [2.24, 2.45) is 4.99 Å². The van der Waals surface area contributed by atoms with Crippen molar-refractivity contribution >= 4 is 35.6 Å². The van der Waals surface area contributed by atoms with Crippen molar-refractivity contribution in [3.8, 4) is 11.5 Å². The van der Waals surface area contributed by atoms with Gasteiger partial charge >= 0.3 is 0 Å². The van der Waals surface area contributed by atoms with E-state index in [9.17, 15) is 0 Å². The van der Waals surface area contributed by atoms with Crippen LogP contribution >= 0.6 is 24.0 Å². The normalized spacial score (nSPS) is 11.1. The molecule has 1 aromatic carbocycles. The Morgan fingerprint density at radius 1 is 1.07 bits per heavy atom. The van der Waals surface area contributed by atoms with Gasteiger partial charge in [-0.1, -0.05) is 12.1 Å². The van der Waals surface area contributed by atoms with Crippen molar-refractivity contribution in [2.45, 2.75) is 20.0 Å². The number of aromatic nitrogens is 2. The number of methoxy groups -OCH3 is 2. The third-order valence-electron chi connectivity index (χ3n) is 4.31. The number of hydrogen-bond donors (Lipinski definition) is 2. The van der Waals surface area contributed by atoms with E-state index in [0.29, 0.717) is 30.5 Å². The topological polar surface area (TPSA) is 72.2 Å². The first-order valence-corrected chi connectivity index (χ1v) is 8.73. The van der Waals surface area contributed by atoms with E-state index in [1.807, 2.05) is 36.5 Å². The van der Waals surface area contributed by atoms with Gasteiger partial charge in [-0.25, -0.2) is 4.98 Å². The van der Waals surface area contributed by atoms with E-state index in [4.69, 9.17) is 9.47 Å². The lowest BCUT2D eigenvalue weighted by Crippen LogP contribution is -2.36. The van der Waals surface area contributed by atoms with E-state index in [0.717, 1.165) is 22.6 Å². The molecule has 2 N–H and O–H groups in total. The first-order chi connectivity index (χ1) is 13.1. The summed E-state index contributed by atoms with van der Waals surface area (Å²) in [5.41, 5.74) is 4.12. The van der Waals surface area contributed by atoms with Crippen LogP contribution < -0.4 is 20.1 Å². The fraction of sp³-hybridized carbons (Fsp3) is 0.300. The summed E-state index contributed by atoms with van der Waals surface area (Å²) in [6.07, 6.45) is 2.04. The van der Waals surface area contributed by atoms with Gasteiger partial charge in [0.15, 0.2) is 17.5 Å². The van der Waals surface area contributed by atoms with Crippen LogP contribution in [0.15, 0.2) is 47.6 Å². The van der Waals surface area contributed by atoms with Crippen LogP contribution in [0.2, 0.25) is 0 Å². The number of rotatable bonds is 6. The molecular formula is C20H26IN5O2. The zero-order valence-electron chi connectivity index (χ0n) is 16.5. The fourth-order valence-corrected chi connectivity index (χ4v) is 2.86. The second kappa shape index (κ2) is 10.2. The van der Waals surface area contributed by atoms with Crippen molar-refractivity contribution in [1.82, 2.24) is 20.0 Å². The summed E-state index contributed by atoms with van der Waals surface area (Å²) in [4.78, 5) is 8.90. The highest BCUT2D eigenvalue weighted by molar-refractivity contribution is 14.0. The third kappa shape index (κ3) is 5.06.